The lowest BCUT2D eigenvalue weighted by molar-refractivity contribution is 0.592. The van der Waals surface area contributed by atoms with Crippen molar-refractivity contribution in [2.75, 3.05) is 11.9 Å². The maximum atomic E-state index is 13.1. The fourth-order valence-corrected chi connectivity index (χ4v) is 4.30. The lowest BCUT2D eigenvalue weighted by Crippen LogP contribution is -2.09. The number of sulfone groups is 1. The fraction of sp³-hybridized carbons (Fsp3) is 0.250. The SMILES string of the molecule is CC(C)CCNc1nc2c(S(=O)(=O)c3ccccc3)nnn2c2ccccc12. The van der Waals surface area contributed by atoms with Gasteiger partial charge in [0.1, 0.15) is 5.82 Å². The Labute approximate surface area is 163 Å². The van der Waals surface area contributed by atoms with Gasteiger partial charge in [-0.1, -0.05) is 49.4 Å². The van der Waals surface area contributed by atoms with Crippen molar-refractivity contribution in [1.29, 1.82) is 0 Å². The van der Waals surface area contributed by atoms with Crippen LogP contribution in [-0.2, 0) is 9.84 Å². The minimum atomic E-state index is -3.83. The van der Waals surface area contributed by atoms with Gasteiger partial charge in [-0.2, -0.15) is 4.52 Å². The molecule has 0 unspecified atom stereocenters. The van der Waals surface area contributed by atoms with Crippen molar-refractivity contribution in [3.8, 4) is 0 Å². The van der Waals surface area contributed by atoms with Gasteiger partial charge in [-0.3, -0.25) is 0 Å². The molecule has 0 radical (unpaired) electrons. The Morgan fingerprint density at radius 2 is 1.75 bits per heavy atom. The van der Waals surface area contributed by atoms with Gasteiger partial charge in [-0.05, 0) is 36.6 Å². The van der Waals surface area contributed by atoms with E-state index in [-0.39, 0.29) is 15.6 Å². The van der Waals surface area contributed by atoms with E-state index in [2.05, 4.69) is 34.5 Å². The molecule has 8 heteroatoms. The summed E-state index contributed by atoms with van der Waals surface area (Å²) in [6, 6.07) is 15.8. The highest BCUT2D eigenvalue weighted by Crippen LogP contribution is 2.27. The first kappa shape index (κ1) is 18.4. The molecule has 4 rings (SSSR count). The molecule has 144 valence electrons. The summed E-state index contributed by atoms with van der Waals surface area (Å²) in [6.45, 7) is 5.05. The molecule has 0 aliphatic rings. The van der Waals surface area contributed by atoms with Crippen molar-refractivity contribution in [2.45, 2.75) is 30.2 Å². The van der Waals surface area contributed by atoms with E-state index in [0.29, 0.717) is 11.7 Å². The number of benzene rings is 2. The Morgan fingerprint density at radius 1 is 1.04 bits per heavy atom. The number of nitrogens with zero attached hydrogens (tertiary/aromatic N) is 4. The predicted molar refractivity (Wildman–Crippen MR) is 108 cm³/mol. The molecule has 0 saturated heterocycles. The average Bonchev–Trinajstić information content (AvgIpc) is 3.13. The summed E-state index contributed by atoms with van der Waals surface area (Å²) in [6.07, 6.45) is 0.980. The molecule has 0 aliphatic carbocycles. The Hall–Kier alpha value is -3.00. The van der Waals surface area contributed by atoms with Crippen molar-refractivity contribution in [2.24, 2.45) is 5.92 Å². The van der Waals surface area contributed by atoms with Crippen LogP contribution in [0.4, 0.5) is 5.82 Å². The van der Waals surface area contributed by atoms with Gasteiger partial charge in [0.25, 0.3) is 0 Å². The quantitative estimate of drug-likeness (QED) is 0.537. The highest BCUT2D eigenvalue weighted by Gasteiger charge is 2.26. The Bertz CT molecular complexity index is 1230. The van der Waals surface area contributed by atoms with E-state index in [4.69, 9.17) is 0 Å². The van der Waals surface area contributed by atoms with E-state index in [1.54, 1.807) is 30.3 Å². The first-order valence-corrected chi connectivity index (χ1v) is 10.6. The summed E-state index contributed by atoms with van der Waals surface area (Å²) in [5.74, 6) is 1.18. The van der Waals surface area contributed by atoms with E-state index in [1.165, 1.54) is 4.52 Å². The molecule has 2 aromatic carbocycles. The molecular formula is C20H21N5O2S. The van der Waals surface area contributed by atoms with E-state index in [0.717, 1.165) is 23.9 Å². The van der Waals surface area contributed by atoms with Gasteiger partial charge in [0.05, 0.1) is 10.4 Å². The molecular weight excluding hydrogens is 374 g/mol. The molecule has 4 aromatic rings. The minimum Gasteiger partial charge on any atom is -0.369 e. The zero-order valence-electron chi connectivity index (χ0n) is 15.7. The Kier molecular flexibility index (Phi) is 4.72. The van der Waals surface area contributed by atoms with E-state index < -0.39 is 9.84 Å². The molecule has 2 heterocycles. The van der Waals surface area contributed by atoms with E-state index >= 15 is 0 Å². The molecule has 0 aliphatic heterocycles. The third kappa shape index (κ3) is 3.20. The van der Waals surface area contributed by atoms with Crippen LogP contribution in [0, 0.1) is 5.92 Å². The third-order valence-electron chi connectivity index (χ3n) is 4.54. The first-order valence-electron chi connectivity index (χ1n) is 9.16. The maximum absolute atomic E-state index is 13.1. The second-order valence-corrected chi connectivity index (χ2v) is 8.90. The molecule has 0 amide bonds. The highest BCUT2D eigenvalue weighted by atomic mass is 32.2. The number of anilines is 1. The molecule has 0 fully saturated rings. The van der Waals surface area contributed by atoms with Crippen molar-refractivity contribution < 1.29 is 8.42 Å². The maximum Gasteiger partial charge on any atom is 0.229 e. The van der Waals surface area contributed by atoms with Crippen molar-refractivity contribution >= 4 is 32.2 Å². The van der Waals surface area contributed by atoms with Gasteiger partial charge in [-0.25, -0.2) is 13.4 Å². The lowest BCUT2D eigenvalue weighted by Gasteiger charge is -2.11. The largest absolute Gasteiger partial charge is 0.369 e. The zero-order chi connectivity index (χ0) is 19.7. The van der Waals surface area contributed by atoms with Gasteiger partial charge in [0.2, 0.25) is 14.9 Å². The van der Waals surface area contributed by atoms with Crippen LogP contribution in [0.2, 0.25) is 0 Å². The molecule has 0 atom stereocenters. The second-order valence-electron chi connectivity index (χ2n) is 7.03. The standard InChI is InChI=1S/C20H21N5O2S/c1-14(2)12-13-21-18-16-10-6-7-11-17(16)25-19(22-18)20(23-24-25)28(26,27)15-8-4-3-5-9-15/h3-11,14H,12-13H2,1-2H3,(H,21,22). The molecule has 0 spiro atoms. The number of hydrogen-bond donors (Lipinski definition) is 1. The van der Waals surface area contributed by atoms with Crippen molar-refractivity contribution in [3.05, 3.63) is 54.6 Å². The number of para-hydroxylation sites is 1. The summed E-state index contributed by atoms with van der Waals surface area (Å²) in [4.78, 5) is 4.77. The number of fused-ring (bicyclic) bond motifs is 3. The van der Waals surface area contributed by atoms with Gasteiger partial charge in [0.15, 0.2) is 5.65 Å². The van der Waals surface area contributed by atoms with Crippen LogP contribution < -0.4 is 5.32 Å². The van der Waals surface area contributed by atoms with Crippen LogP contribution in [0.1, 0.15) is 20.3 Å². The molecule has 0 saturated carbocycles. The second kappa shape index (κ2) is 7.20. The summed E-state index contributed by atoms with van der Waals surface area (Å²) in [7, 11) is -3.83. The van der Waals surface area contributed by atoms with Crippen LogP contribution in [0.25, 0.3) is 16.6 Å². The topological polar surface area (TPSA) is 89.2 Å². The molecule has 1 N–H and O–H groups in total. The van der Waals surface area contributed by atoms with Crippen molar-refractivity contribution in [3.63, 3.8) is 0 Å². The molecule has 0 bridgehead atoms. The summed E-state index contributed by atoms with van der Waals surface area (Å²) < 4.78 is 27.7. The molecule has 2 aromatic heterocycles. The average molecular weight is 395 g/mol. The van der Waals surface area contributed by atoms with Gasteiger partial charge < -0.3 is 5.32 Å². The third-order valence-corrected chi connectivity index (χ3v) is 6.21. The molecule has 28 heavy (non-hydrogen) atoms. The smallest absolute Gasteiger partial charge is 0.229 e. The molecule has 7 nitrogen and oxygen atoms in total. The minimum absolute atomic E-state index is 0.142. The van der Waals surface area contributed by atoms with Crippen LogP contribution in [0.15, 0.2) is 64.5 Å². The number of nitrogens with one attached hydrogen (secondary N) is 1. The van der Waals surface area contributed by atoms with Gasteiger partial charge in [-0.15, -0.1) is 5.10 Å². The van der Waals surface area contributed by atoms with Crippen LogP contribution >= 0.6 is 0 Å². The highest BCUT2D eigenvalue weighted by molar-refractivity contribution is 7.91. The van der Waals surface area contributed by atoms with E-state index in [1.807, 2.05) is 24.3 Å². The Balaban J connectivity index is 1.90. The predicted octanol–water partition coefficient (Wildman–Crippen LogP) is 3.57. The van der Waals surface area contributed by atoms with Crippen molar-refractivity contribution in [1.82, 2.24) is 19.8 Å². The number of rotatable bonds is 6. The first-order chi connectivity index (χ1) is 13.5. The van der Waals surface area contributed by atoms with Crippen LogP contribution in [0.5, 0.6) is 0 Å². The normalized spacial score (nSPS) is 12.1. The Morgan fingerprint density at radius 3 is 2.50 bits per heavy atom. The zero-order valence-corrected chi connectivity index (χ0v) is 16.5. The fourth-order valence-electron chi connectivity index (χ4n) is 3.04. The summed E-state index contributed by atoms with van der Waals surface area (Å²) >= 11 is 0. The van der Waals surface area contributed by atoms with Gasteiger partial charge in [0, 0.05) is 11.9 Å². The summed E-state index contributed by atoms with van der Waals surface area (Å²) in [5, 5.41) is 12.1. The monoisotopic (exact) mass is 395 g/mol. The number of hydrogen-bond acceptors (Lipinski definition) is 6. The van der Waals surface area contributed by atoms with Crippen LogP contribution in [-0.4, -0.2) is 34.8 Å². The number of aromatic nitrogens is 4. The van der Waals surface area contributed by atoms with E-state index in [9.17, 15) is 8.42 Å². The lowest BCUT2D eigenvalue weighted by atomic mass is 10.1. The van der Waals surface area contributed by atoms with Crippen LogP contribution in [0.3, 0.4) is 0 Å². The van der Waals surface area contributed by atoms with Gasteiger partial charge >= 0.3 is 0 Å². The summed E-state index contributed by atoms with van der Waals surface area (Å²) in [5.41, 5.74) is 0.969.